The van der Waals surface area contributed by atoms with E-state index in [0.717, 1.165) is 90.5 Å². The van der Waals surface area contributed by atoms with Gasteiger partial charge in [-0.05, 0) is 103 Å². The molecule has 0 unspecified atom stereocenters. The van der Waals surface area contributed by atoms with E-state index in [1.807, 2.05) is 41.6 Å². The Morgan fingerprint density at radius 3 is 1.98 bits per heavy atom. The largest absolute Gasteiger partial charge is 0.453 e. The van der Waals surface area contributed by atoms with E-state index < -0.39 is 12.1 Å². The number of rotatable bonds is 9. The van der Waals surface area contributed by atoms with Crippen LogP contribution < -0.4 is 5.32 Å². The number of hydrogen-bond donors (Lipinski definition) is 2. The van der Waals surface area contributed by atoms with Gasteiger partial charge in [0.15, 0.2) is 0 Å². The Morgan fingerprint density at radius 1 is 0.800 bits per heavy atom. The molecule has 5 aliphatic rings. The first-order valence-electron chi connectivity index (χ1n) is 21.8. The SMILES string of the molecule is COC(=O)N[C@H](C(=O)N1C[C@@H](C)C[C@H]1C1=NC=C(c2ccc(C#Cc3ccc(-c4cnc([C@@H]5C[C@H](C)CN5C(=O)[C@@H](C)C5CCOCC5)[nH]4)cc3)cc2)C1)C1CCOCC1. The molecule has 8 rings (SSSR count). The first-order chi connectivity index (χ1) is 29.1. The average molecular weight is 815 g/mol. The van der Waals surface area contributed by atoms with Crippen LogP contribution >= 0.6 is 0 Å². The Kier molecular flexibility index (Phi) is 12.8. The van der Waals surface area contributed by atoms with Crippen molar-refractivity contribution in [3.05, 3.63) is 83.4 Å². The van der Waals surface area contributed by atoms with Crippen molar-refractivity contribution >= 4 is 29.2 Å². The van der Waals surface area contributed by atoms with Gasteiger partial charge in [-0.25, -0.2) is 9.78 Å². The number of nitrogens with zero attached hydrogens (tertiary/aromatic N) is 4. The molecule has 0 saturated carbocycles. The number of likely N-dealkylation sites (tertiary alicyclic amines) is 2. The highest BCUT2D eigenvalue weighted by Gasteiger charge is 2.43. The van der Waals surface area contributed by atoms with E-state index in [2.05, 4.69) is 72.1 Å². The molecule has 316 valence electrons. The zero-order chi connectivity index (χ0) is 41.8. The molecular formula is C48H58N6O6. The van der Waals surface area contributed by atoms with Crippen molar-refractivity contribution in [1.29, 1.82) is 0 Å². The topological polar surface area (TPSA) is 138 Å². The Hall–Kier alpha value is -5.25. The summed E-state index contributed by atoms with van der Waals surface area (Å²) in [5.74, 6) is 8.70. The first-order valence-corrected chi connectivity index (χ1v) is 21.8. The van der Waals surface area contributed by atoms with Crippen LogP contribution in [-0.4, -0.2) is 102 Å². The molecule has 0 radical (unpaired) electrons. The highest BCUT2D eigenvalue weighted by molar-refractivity contribution is 6.04. The predicted octanol–water partition coefficient (Wildman–Crippen LogP) is 7.02. The first kappa shape index (κ1) is 41.5. The van der Waals surface area contributed by atoms with E-state index in [1.165, 1.54) is 7.11 Å². The van der Waals surface area contributed by atoms with Gasteiger partial charge >= 0.3 is 6.09 Å². The number of aliphatic imine (C=N–C) groups is 1. The minimum atomic E-state index is -0.660. The summed E-state index contributed by atoms with van der Waals surface area (Å²) in [4.78, 5) is 57.3. The van der Waals surface area contributed by atoms with Crippen molar-refractivity contribution in [3.8, 4) is 23.1 Å². The number of carbonyl (C=O) groups excluding carboxylic acids is 3. The molecule has 3 aromatic rings. The van der Waals surface area contributed by atoms with E-state index >= 15 is 0 Å². The molecular weight excluding hydrogens is 757 g/mol. The number of allylic oxidation sites excluding steroid dienone is 1. The minimum absolute atomic E-state index is 0.00787. The number of alkyl carbamates (subject to hydrolysis) is 1. The van der Waals surface area contributed by atoms with Crippen LogP contribution in [-0.2, 0) is 23.8 Å². The number of carbonyl (C=O) groups is 3. The number of H-pyrrole nitrogens is 1. The summed E-state index contributed by atoms with van der Waals surface area (Å²) in [7, 11) is 1.32. The number of amides is 3. The Morgan fingerprint density at radius 2 is 1.37 bits per heavy atom. The van der Waals surface area contributed by atoms with E-state index in [4.69, 9.17) is 24.2 Å². The van der Waals surface area contributed by atoms with Gasteiger partial charge in [-0.1, -0.05) is 56.9 Å². The van der Waals surface area contributed by atoms with Crippen LogP contribution in [0.3, 0.4) is 0 Å². The maximum atomic E-state index is 14.1. The molecule has 3 amide bonds. The van der Waals surface area contributed by atoms with Gasteiger partial charge < -0.3 is 34.3 Å². The lowest BCUT2D eigenvalue weighted by atomic mass is 9.86. The molecule has 4 saturated heterocycles. The van der Waals surface area contributed by atoms with Crippen LogP contribution in [0.2, 0.25) is 0 Å². The summed E-state index contributed by atoms with van der Waals surface area (Å²) in [6.45, 7) is 10.5. The third-order valence-corrected chi connectivity index (χ3v) is 13.3. The minimum Gasteiger partial charge on any atom is -0.453 e. The summed E-state index contributed by atoms with van der Waals surface area (Å²) < 4.78 is 16.0. The van der Waals surface area contributed by atoms with Gasteiger partial charge in [0.1, 0.15) is 11.9 Å². The van der Waals surface area contributed by atoms with Crippen LogP contribution in [0.25, 0.3) is 16.8 Å². The second-order valence-corrected chi connectivity index (χ2v) is 17.5. The number of nitrogens with one attached hydrogen (secondary N) is 2. The van der Waals surface area contributed by atoms with Crippen molar-refractivity contribution < 1.29 is 28.6 Å². The lowest BCUT2D eigenvalue weighted by molar-refractivity contribution is -0.139. The van der Waals surface area contributed by atoms with Crippen molar-refractivity contribution in [2.45, 2.75) is 83.8 Å². The molecule has 1 aromatic heterocycles. The zero-order valence-corrected chi connectivity index (χ0v) is 35.3. The second kappa shape index (κ2) is 18.6. The number of benzene rings is 2. The maximum absolute atomic E-state index is 14.1. The average Bonchev–Trinajstić information content (AvgIpc) is 4.12. The lowest BCUT2D eigenvalue weighted by Crippen LogP contribution is -2.55. The number of imidazole rings is 1. The standard InChI is InChI=1S/C48H58N6O6/c1-30-23-42(53(28-30)47(56)44(52-48(57)58-4)38-17-21-60-22-18-38)40-25-39(26-49-40)36-11-7-33(8-12-36)5-6-34-9-13-37(14-10-34)41-27-50-45(51-41)43-24-31(2)29-54(43)46(55)32(3)35-15-19-59-20-16-35/h7-14,26-27,30-32,35,38,42-44H,15-25,28-29H2,1-4H3,(H,50,51)(H,52,57)/t30-,31-,32-,42-,43-,44-/m0/s1. The van der Waals surface area contributed by atoms with Crippen molar-refractivity contribution in [2.75, 3.05) is 46.6 Å². The molecule has 2 N–H and O–H groups in total. The van der Waals surface area contributed by atoms with E-state index in [9.17, 15) is 14.4 Å². The molecule has 60 heavy (non-hydrogen) atoms. The van der Waals surface area contributed by atoms with E-state index in [1.54, 1.807) is 0 Å². The molecule has 12 nitrogen and oxygen atoms in total. The smallest absolute Gasteiger partial charge is 0.407 e. The molecule has 4 fully saturated rings. The fourth-order valence-electron chi connectivity index (χ4n) is 9.75. The van der Waals surface area contributed by atoms with Crippen LogP contribution in [0.1, 0.15) is 94.3 Å². The van der Waals surface area contributed by atoms with Gasteiger partial charge in [-0.15, -0.1) is 0 Å². The fourth-order valence-corrected chi connectivity index (χ4v) is 9.75. The molecule has 0 aliphatic carbocycles. The Balaban J connectivity index is 0.870. The molecule has 0 spiro atoms. The van der Waals surface area contributed by atoms with Gasteiger partial charge in [-0.2, -0.15) is 0 Å². The molecule has 6 heterocycles. The van der Waals surface area contributed by atoms with Gasteiger partial charge in [0.2, 0.25) is 11.8 Å². The Bertz CT molecular complexity index is 2140. The van der Waals surface area contributed by atoms with Crippen LogP contribution in [0.5, 0.6) is 0 Å². The lowest BCUT2D eigenvalue weighted by Gasteiger charge is -2.34. The number of methoxy groups -OCH3 is 1. The van der Waals surface area contributed by atoms with Gasteiger partial charge in [0, 0.05) is 74.9 Å². The quantitative estimate of drug-likeness (QED) is 0.222. The van der Waals surface area contributed by atoms with Crippen LogP contribution in [0, 0.1) is 41.4 Å². The number of hydrogen-bond acceptors (Lipinski definition) is 8. The van der Waals surface area contributed by atoms with E-state index in [-0.39, 0.29) is 35.7 Å². The number of aromatic nitrogens is 2. The van der Waals surface area contributed by atoms with Crippen molar-refractivity contribution in [3.63, 3.8) is 0 Å². The fraction of sp³-hybridized carbons (Fsp3) is 0.521. The van der Waals surface area contributed by atoms with Gasteiger partial charge in [-0.3, -0.25) is 14.6 Å². The molecule has 2 aromatic carbocycles. The van der Waals surface area contributed by atoms with Crippen LogP contribution in [0.15, 0.2) is 65.9 Å². The van der Waals surface area contributed by atoms with Crippen LogP contribution in [0.4, 0.5) is 4.79 Å². The van der Waals surface area contributed by atoms with Gasteiger partial charge in [0.05, 0.1) is 31.1 Å². The summed E-state index contributed by atoms with van der Waals surface area (Å²) in [5, 5.41) is 2.85. The normalized spacial score (nSPS) is 24.6. The van der Waals surface area contributed by atoms with E-state index in [0.29, 0.717) is 56.8 Å². The molecule has 6 atom stereocenters. The predicted molar refractivity (Wildman–Crippen MR) is 230 cm³/mol. The number of ether oxygens (including phenoxy) is 3. The molecule has 0 bridgehead atoms. The number of aromatic amines is 1. The monoisotopic (exact) mass is 814 g/mol. The summed E-state index contributed by atoms with van der Waals surface area (Å²) in [6, 6.07) is 15.6. The summed E-state index contributed by atoms with van der Waals surface area (Å²) in [5.41, 5.74) is 6.93. The van der Waals surface area contributed by atoms with Crippen molar-refractivity contribution in [2.24, 2.45) is 34.6 Å². The third kappa shape index (κ3) is 9.22. The Labute approximate surface area is 353 Å². The maximum Gasteiger partial charge on any atom is 0.407 e. The highest BCUT2D eigenvalue weighted by atomic mass is 16.5. The molecule has 12 heteroatoms. The van der Waals surface area contributed by atoms with Crippen molar-refractivity contribution in [1.82, 2.24) is 25.1 Å². The zero-order valence-electron chi connectivity index (χ0n) is 35.3. The molecule has 5 aliphatic heterocycles. The highest BCUT2D eigenvalue weighted by Crippen LogP contribution is 2.38. The van der Waals surface area contributed by atoms with Gasteiger partial charge in [0.25, 0.3) is 0 Å². The summed E-state index contributed by atoms with van der Waals surface area (Å²) in [6.07, 6.45) is 8.91. The summed E-state index contributed by atoms with van der Waals surface area (Å²) >= 11 is 0. The third-order valence-electron chi connectivity index (χ3n) is 13.3. The second-order valence-electron chi connectivity index (χ2n) is 17.5.